The molecule has 0 bridgehead atoms. The Morgan fingerprint density at radius 1 is 1.10 bits per heavy atom. The Kier molecular flexibility index (Phi) is 7.81. The lowest BCUT2D eigenvalue weighted by molar-refractivity contribution is -0.384. The van der Waals surface area contributed by atoms with Crippen molar-refractivity contribution in [3.05, 3.63) is 63.0 Å². The SMILES string of the molecule is Cc1ccc(-c2ccc(C(=O)NCC3CCC(Nc4nc5c(c(N(C)C)n4)CCCC5)CC3)o2)c([N+](=O)[O-])c1. The van der Waals surface area contributed by atoms with Crippen LogP contribution in [-0.2, 0) is 12.8 Å². The largest absolute Gasteiger partial charge is 0.451 e. The van der Waals surface area contributed by atoms with Crippen LogP contribution in [-0.4, -0.2) is 47.5 Å². The van der Waals surface area contributed by atoms with Gasteiger partial charge in [0.15, 0.2) is 5.76 Å². The van der Waals surface area contributed by atoms with Crippen LogP contribution >= 0.6 is 0 Å². The minimum Gasteiger partial charge on any atom is -0.451 e. The van der Waals surface area contributed by atoms with Crippen molar-refractivity contribution in [2.45, 2.75) is 64.3 Å². The van der Waals surface area contributed by atoms with Crippen LogP contribution in [0.5, 0.6) is 0 Å². The average Bonchev–Trinajstić information content (AvgIpc) is 3.42. The summed E-state index contributed by atoms with van der Waals surface area (Å²) < 4.78 is 5.71. The number of carbonyl (C=O) groups is 1. The van der Waals surface area contributed by atoms with Gasteiger partial charge < -0.3 is 20.0 Å². The van der Waals surface area contributed by atoms with Crippen molar-refractivity contribution in [3.8, 4) is 11.3 Å². The molecule has 10 heteroatoms. The molecule has 39 heavy (non-hydrogen) atoms. The molecule has 0 atom stereocenters. The number of carbonyl (C=O) groups excluding carboxylic acids is 1. The van der Waals surface area contributed by atoms with Crippen LogP contribution in [0.4, 0.5) is 17.5 Å². The third kappa shape index (κ3) is 6.05. The van der Waals surface area contributed by atoms with Crippen LogP contribution in [0, 0.1) is 23.0 Å². The summed E-state index contributed by atoms with van der Waals surface area (Å²) in [5, 5.41) is 18.0. The summed E-state index contributed by atoms with van der Waals surface area (Å²) in [6.07, 6.45) is 8.38. The number of hydrogen-bond acceptors (Lipinski definition) is 8. The Morgan fingerprint density at radius 3 is 2.62 bits per heavy atom. The molecule has 0 aliphatic heterocycles. The van der Waals surface area contributed by atoms with Crippen LogP contribution in [0.2, 0.25) is 0 Å². The van der Waals surface area contributed by atoms with Crippen molar-refractivity contribution >= 4 is 23.4 Å². The predicted octanol–water partition coefficient (Wildman–Crippen LogP) is 5.30. The Hall–Kier alpha value is -3.95. The van der Waals surface area contributed by atoms with Crippen molar-refractivity contribution < 1.29 is 14.1 Å². The topological polar surface area (TPSA) is 126 Å². The number of amides is 1. The molecule has 1 saturated carbocycles. The summed E-state index contributed by atoms with van der Waals surface area (Å²) in [5.41, 5.74) is 3.57. The maximum absolute atomic E-state index is 12.7. The van der Waals surface area contributed by atoms with E-state index in [1.54, 1.807) is 31.2 Å². The van der Waals surface area contributed by atoms with Gasteiger partial charge >= 0.3 is 0 Å². The third-order valence-corrected chi connectivity index (χ3v) is 7.76. The lowest BCUT2D eigenvalue weighted by atomic mass is 9.86. The van der Waals surface area contributed by atoms with Gasteiger partial charge in [-0.2, -0.15) is 4.98 Å². The van der Waals surface area contributed by atoms with Gasteiger partial charge in [0.05, 0.1) is 16.2 Å². The molecule has 1 fully saturated rings. The molecule has 0 saturated heterocycles. The number of nitro benzene ring substituents is 1. The van der Waals surface area contributed by atoms with Gasteiger partial charge in [-0.05, 0) is 88.0 Å². The number of fused-ring (bicyclic) bond motifs is 1. The minimum absolute atomic E-state index is 0.0413. The van der Waals surface area contributed by atoms with Crippen molar-refractivity contribution in [1.29, 1.82) is 0 Å². The lowest BCUT2D eigenvalue weighted by Gasteiger charge is -2.30. The molecule has 2 aliphatic rings. The summed E-state index contributed by atoms with van der Waals surface area (Å²) >= 11 is 0. The average molecular weight is 533 g/mol. The molecule has 0 unspecified atom stereocenters. The summed E-state index contributed by atoms with van der Waals surface area (Å²) in [7, 11) is 4.08. The third-order valence-electron chi connectivity index (χ3n) is 7.76. The lowest BCUT2D eigenvalue weighted by Crippen LogP contribution is -2.34. The fourth-order valence-electron chi connectivity index (χ4n) is 5.63. The Bertz CT molecular complexity index is 1360. The molecule has 2 aromatic heterocycles. The van der Waals surface area contributed by atoms with E-state index >= 15 is 0 Å². The van der Waals surface area contributed by atoms with Gasteiger partial charge in [-0.25, -0.2) is 4.98 Å². The van der Waals surface area contributed by atoms with Crippen LogP contribution in [0.3, 0.4) is 0 Å². The number of nitrogens with one attached hydrogen (secondary N) is 2. The second kappa shape index (κ2) is 11.4. The maximum Gasteiger partial charge on any atom is 0.287 e. The maximum atomic E-state index is 12.7. The Balaban J connectivity index is 1.14. The second-order valence-corrected chi connectivity index (χ2v) is 10.9. The van der Waals surface area contributed by atoms with Gasteiger partial charge in [-0.15, -0.1) is 0 Å². The summed E-state index contributed by atoms with van der Waals surface area (Å²) in [4.78, 5) is 35.5. The molecule has 5 rings (SSSR count). The molecular weight excluding hydrogens is 496 g/mol. The van der Waals surface area contributed by atoms with Gasteiger partial charge in [0.1, 0.15) is 11.6 Å². The van der Waals surface area contributed by atoms with E-state index < -0.39 is 4.92 Å². The second-order valence-electron chi connectivity index (χ2n) is 10.9. The zero-order valence-corrected chi connectivity index (χ0v) is 22.8. The van der Waals surface area contributed by atoms with Crippen LogP contribution in [0.25, 0.3) is 11.3 Å². The number of nitrogens with zero attached hydrogens (tertiary/aromatic N) is 4. The quantitative estimate of drug-likeness (QED) is 0.296. The Morgan fingerprint density at radius 2 is 1.87 bits per heavy atom. The van der Waals surface area contributed by atoms with E-state index in [0.717, 1.165) is 55.9 Å². The minimum atomic E-state index is -0.436. The van der Waals surface area contributed by atoms with Crippen molar-refractivity contribution in [1.82, 2.24) is 15.3 Å². The van der Waals surface area contributed by atoms with Crippen molar-refractivity contribution in [2.24, 2.45) is 5.92 Å². The first kappa shape index (κ1) is 26.6. The molecule has 10 nitrogen and oxygen atoms in total. The number of aryl methyl sites for hydroxylation is 2. The van der Waals surface area contributed by atoms with E-state index in [-0.39, 0.29) is 17.4 Å². The van der Waals surface area contributed by atoms with Gasteiger partial charge in [-0.3, -0.25) is 14.9 Å². The van der Waals surface area contributed by atoms with E-state index in [4.69, 9.17) is 14.4 Å². The highest BCUT2D eigenvalue weighted by Gasteiger charge is 2.25. The normalized spacial score (nSPS) is 18.7. The summed E-state index contributed by atoms with van der Waals surface area (Å²) in [6.45, 7) is 2.36. The number of rotatable bonds is 8. The van der Waals surface area contributed by atoms with E-state index in [9.17, 15) is 14.9 Å². The molecule has 206 valence electrons. The number of hydrogen-bond donors (Lipinski definition) is 2. The van der Waals surface area contributed by atoms with Crippen molar-refractivity contribution in [2.75, 3.05) is 30.9 Å². The fourth-order valence-corrected chi connectivity index (χ4v) is 5.63. The zero-order chi connectivity index (χ0) is 27.5. The highest BCUT2D eigenvalue weighted by atomic mass is 16.6. The van der Waals surface area contributed by atoms with E-state index in [0.29, 0.717) is 29.8 Å². The number of benzene rings is 1. The van der Waals surface area contributed by atoms with E-state index in [2.05, 4.69) is 15.5 Å². The molecule has 0 spiro atoms. The predicted molar refractivity (Wildman–Crippen MR) is 150 cm³/mol. The first-order valence-electron chi connectivity index (χ1n) is 13.8. The molecule has 2 heterocycles. The molecular formula is C29H36N6O4. The first-order chi connectivity index (χ1) is 18.8. The molecule has 0 radical (unpaired) electrons. The number of furan rings is 1. The zero-order valence-electron chi connectivity index (χ0n) is 22.8. The molecule has 2 N–H and O–H groups in total. The number of nitro groups is 1. The fraction of sp³-hybridized carbons (Fsp3) is 0.483. The summed E-state index contributed by atoms with van der Waals surface area (Å²) in [6, 6.07) is 8.42. The van der Waals surface area contributed by atoms with Gasteiger partial charge in [0.2, 0.25) is 5.95 Å². The van der Waals surface area contributed by atoms with Gasteiger partial charge in [-0.1, -0.05) is 6.07 Å². The first-order valence-corrected chi connectivity index (χ1v) is 13.8. The standard InChI is InChI=1S/C29H36N6O4/c1-18-8-13-22(24(16-18)35(37)38)25-14-15-26(39-25)28(36)30-17-19-9-11-20(12-10-19)31-29-32-23-7-5-4-6-21(23)27(33-29)34(2)3/h8,13-16,19-20H,4-7,9-12,17H2,1-3H3,(H,30,36)(H,31,32,33). The highest BCUT2D eigenvalue weighted by molar-refractivity contribution is 5.92. The molecule has 1 aromatic carbocycles. The highest BCUT2D eigenvalue weighted by Crippen LogP contribution is 2.33. The summed E-state index contributed by atoms with van der Waals surface area (Å²) in [5.74, 6) is 2.27. The number of anilines is 2. The van der Waals surface area contributed by atoms with Crippen LogP contribution in [0.15, 0.2) is 34.7 Å². The van der Waals surface area contributed by atoms with Crippen LogP contribution < -0.4 is 15.5 Å². The van der Waals surface area contributed by atoms with Crippen molar-refractivity contribution in [3.63, 3.8) is 0 Å². The van der Waals surface area contributed by atoms with E-state index in [1.165, 1.54) is 30.2 Å². The van der Waals surface area contributed by atoms with Gasteiger partial charge in [0.25, 0.3) is 11.6 Å². The van der Waals surface area contributed by atoms with Crippen LogP contribution in [0.1, 0.15) is 65.9 Å². The Labute approximate surface area is 228 Å². The van der Waals surface area contributed by atoms with Gasteiger partial charge in [0, 0.05) is 38.3 Å². The molecule has 3 aromatic rings. The van der Waals surface area contributed by atoms with E-state index in [1.807, 2.05) is 14.1 Å². The monoisotopic (exact) mass is 532 g/mol. The number of aromatic nitrogens is 2. The molecule has 2 aliphatic carbocycles. The molecule has 1 amide bonds. The smallest absolute Gasteiger partial charge is 0.287 e.